The maximum atomic E-state index is 12.2. The summed E-state index contributed by atoms with van der Waals surface area (Å²) in [4.78, 5) is 15.5. The number of rotatable bonds is 7. The first-order chi connectivity index (χ1) is 11.5. The molecule has 0 aliphatic carbocycles. The van der Waals surface area contributed by atoms with Crippen LogP contribution in [0.15, 0.2) is 35.7 Å². The van der Waals surface area contributed by atoms with Crippen molar-refractivity contribution >= 4 is 23.1 Å². The van der Waals surface area contributed by atoms with E-state index in [1.807, 2.05) is 25.5 Å². The van der Waals surface area contributed by atoms with Crippen LogP contribution in [0, 0.1) is 0 Å². The quantitative estimate of drug-likeness (QED) is 0.806. The summed E-state index contributed by atoms with van der Waals surface area (Å²) >= 11 is 1.68. The summed E-state index contributed by atoms with van der Waals surface area (Å²) in [5.74, 6) is 1.22. The van der Waals surface area contributed by atoms with Gasteiger partial charge in [0, 0.05) is 17.5 Å². The Bertz CT molecular complexity index is 659. The zero-order valence-corrected chi connectivity index (χ0v) is 15.1. The van der Waals surface area contributed by atoms with E-state index in [1.165, 1.54) is 4.88 Å². The molecule has 2 amide bonds. The molecule has 0 aliphatic heterocycles. The Kier molecular flexibility index (Phi) is 6.45. The monoisotopic (exact) mass is 349 g/mol. The molecule has 0 saturated carbocycles. The van der Waals surface area contributed by atoms with Gasteiger partial charge in [0.1, 0.15) is 11.5 Å². The van der Waals surface area contributed by atoms with Gasteiger partial charge in [-0.15, -0.1) is 11.3 Å². The Labute approximate surface area is 146 Å². The van der Waals surface area contributed by atoms with Gasteiger partial charge in [-0.05, 0) is 37.7 Å². The van der Waals surface area contributed by atoms with E-state index in [1.54, 1.807) is 43.8 Å². The molecular formula is C17H23N3O3S. The minimum Gasteiger partial charge on any atom is -0.497 e. The number of anilines is 1. The number of carbonyl (C=O) groups is 1. The van der Waals surface area contributed by atoms with Crippen LogP contribution in [0.2, 0.25) is 0 Å². The lowest BCUT2D eigenvalue weighted by atomic mass is 10.2. The summed E-state index contributed by atoms with van der Waals surface area (Å²) in [6.45, 7) is 0.512. The average Bonchev–Trinajstić information content (AvgIpc) is 3.09. The third-order valence-corrected chi connectivity index (χ3v) is 4.58. The van der Waals surface area contributed by atoms with Crippen LogP contribution in [0.3, 0.4) is 0 Å². The van der Waals surface area contributed by atoms with Crippen molar-refractivity contribution < 1.29 is 14.3 Å². The van der Waals surface area contributed by atoms with Crippen LogP contribution in [-0.4, -0.2) is 45.8 Å². The number of methoxy groups -OCH3 is 2. The van der Waals surface area contributed by atoms with Gasteiger partial charge in [-0.1, -0.05) is 6.07 Å². The smallest absolute Gasteiger partial charge is 0.319 e. The molecule has 0 bridgehead atoms. The minimum atomic E-state index is -0.276. The van der Waals surface area contributed by atoms with Crippen molar-refractivity contribution in [3.63, 3.8) is 0 Å². The van der Waals surface area contributed by atoms with Crippen LogP contribution in [0.4, 0.5) is 10.5 Å². The molecule has 1 heterocycles. The van der Waals surface area contributed by atoms with Crippen molar-refractivity contribution in [2.24, 2.45) is 0 Å². The molecule has 130 valence electrons. The number of nitrogens with zero attached hydrogens (tertiary/aromatic N) is 1. The predicted octanol–water partition coefficient (Wildman–Crippen LogP) is 3.19. The van der Waals surface area contributed by atoms with Crippen molar-refractivity contribution in [1.29, 1.82) is 0 Å². The number of thiophene rings is 1. The Morgan fingerprint density at radius 1 is 1.25 bits per heavy atom. The maximum Gasteiger partial charge on any atom is 0.319 e. The van der Waals surface area contributed by atoms with Gasteiger partial charge >= 0.3 is 6.03 Å². The van der Waals surface area contributed by atoms with Gasteiger partial charge in [0.2, 0.25) is 0 Å². The SMILES string of the molecule is COc1ccc(NC(=O)NC[C@@H](c2cccs2)N(C)C)c(OC)c1. The van der Waals surface area contributed by atoms with Crippen LogP contribution < -0.4 is 20.1 Å². The van der Waals surface area contributed by atoms with Gasteiger partial charge in [0.05, 0.1) is 25.9 Å². The second-order valence-electron chi connectivity index (χ2n) is 5.40. The average molecular weight is 349 g/mol. The maximum absolute atomic E-state index is 12.2. The molecule has 0 saturated heterocycles. The highest BCUT2D eigenvalue weighted by Gasteiger charge is 2.16. The molecule has 7 heteroatoms. The van der Waals surface area contributed by atoms with Gasteiger partial charge in [0.15, 0.2) is 0 Å². The molecule has 0 radical (unpaired) electrons. The lowest BCUT2D eigenvalue weighted by Gasteiger charge is -2.23. The zero-order valence-electron chi connectivity index (χ0n) is 14.3. The molecule has 0 aliphatic rings. The first-order valence-corrected chi connectivity index (χ1v) is 8.39. The fourth-order valence-corrected chi connectivity index (χ4v) is 3.20. The summed E-state index contributed by atoms with van der Waals surface area (Å²) in [5, 5.41) is 7.75. The molecule has 2 rings (SSSR count). The first kappa shape index (κ1) is 18.1. The van der Waals surface area contributed by atoms with Crippen LogP contribution in [0.1, 0.15) is 10.9 Å². The van der Waals surface area contributed by atoms with Crippen LogP contribution in [0.25, 0.3) is 0 Å². The van der Waals surface area contributed by atoms with Crippen LogP contribution >= 0.6 is 11.3 Å². The molecular weight excluding hydrogens is 326 g/mol. The third-order valence-electron chi connectivity index (χ3n) is 3.61. The molecule has 2 aromatic rings. The number of urea groups is 1. The van der Waals surface area contributed by atoms with Crippen molar-refractivity contribution in [3.8, 4) is 11.5 Å². The molecule has 2 N–H and O–H groups in total. The van der Waals surface area contributed by atoms with Crippen LogP contribution in [0.5, 0.6) is 11.5 Å². The summed E-state index contributed by atoms with van der Waals surface area (Å²) in [5.41, 5.74) is 0.591. The number of hydrogen-bond donors (Lipinski definition) is 2. The van der Waals surface area contributed by atoms with E-state index in [4.69, 9.17) is 9.47 Å². The van der Waals surface area contributed by atoms with Crippen molar-refractivity contribution in [1.82, 2.24) is 10.2 Å². The Morgan fingerprint density at radius 3 is 2.62 bits per heavy atom. The van der Waals surface area contributed by atoms with E-state index in [0.717, 1.165) is 0 Å². The molecule has 1 aromatic heterocycles. The fraction of sp³-hybridized carbons (Fsp3) is 0.353. The topological polar surface area (TPSA) is 62.8 Å². The van der Waals surface area contributed by atoms with Gasteiger partial charge in [0.25, 0.3) is 0 Å². The predicted molar refractivity (Wildman–Crippen MR) is 97.3 cm³/mol. The molecule has 1 atom stereocenters. The molecule has 0 spiro atoms. The number of nitrogens with one attached hydrogen (secondary N) is 2. The van der Waals surface area contributed by atoms with E-state index in [0.29, 0.717) is 23.7 Å². The van der Waals surface area contributed by atoms with Crippen molar-refractivity contribution in [3.05, 3.63) is 40.6 Å². The normalized spacial score (nSPS) is 11.9. The number of likely N-dealkylation sites (N-methyl/N-ethyl adjacent to an activating group) is 1. The van der Waals surface area contributed by atoms with Gasteiger partial charge < -0.3 is 25.0 Å². The number of ether oxygens (including phenoxy) is 2. The van der Waals surface area contributed by atoms with Crippen molar-refractivity contribution in [2.45, 2.75) is 6.04 Å². The summed E-state index contributed by atoms with van der Waals surface area (Å²) < 4.78 is 10.4. The van der Waals surface area contributed by atoms with E-state index in [9.17, 15) is 4.79 Å². The Balaban J connectivity index is 1.98. The van der Waals surface area contributed by atoms with E-state index in [-0.39, 0.29) is 12.1 Å². The number of benzene rings is 1. The van der Waals surface area contributed by atoms with Crippen LogP contribution in [-0.2, 0) is 0 Å². The largest absolute Gasteiger partial charge is 0.497 e. The molecule has 0 fully saturated rings. The second kappa shape index (κ2) is 8.56. The van der Waals surface area contributed by atoms with Gasteiger partial charge in [-0.3, -0.25) is 0 Å². The molecule has 0 unspecified atom stereocenters. The van der Waals surface area contributed by atoms with Gasteiger partial charge in [-0.2, -0.15) is 0 Å². The zero-order chi connectivity index (χ0) is 17.5. The lowest BCUT2D eigenvalue weighted by molar-refractivity contribution is 0.244. The lowest BCUT2D eigenvalue weighted by Crippen LogP contribution is -2.36. The van der Waals surface area contributed by atoms with Crippen molar-refractivity contribution in [2.75, 3.05) is 40.2 Å². The summed E-state index contributed by atoms with van der Waals surface area (Å²) in [6, 6.07) is 9.19. The van der Waals surface area contributed by atoms with E-state index in [2.05, 4.69) is 21.6 Å². The van der Waals surface area contributed by atoms with Gasteiger partial charge in [-0.25, -0.2) is 4.79 Å². The van der Waals surface area contributed by atoms with E-state index < -0.39 is 0 Å². The molecule has 6 nitrogen and oxygen atoms in total. The Morgan fingerprint density at radius 2 is 2.04 bits per heavy atom. The highest BCUT2D eigenvalue weighted by atomic mass is 32.1. The fourth-order valence-electron chi connectivity index (χ4n) is 2.28. The molecule has 24 heavy (non-hydrogen) atoms. The molecule has 1 aromatic carbocycles. The standard InChI is InChI=1S/C17H23N3O3S/c1-20(2)14(16-6-5-9-24-16)11-18-17(21)19-13-8-7-12(22-3)10-15(13)23-4/h5-10,14H,11H2,1-4H3,(H2,18,19,21)/t14-/m0/s1. The Hall–Kier alpha value is -2.25. The van der Waals surface area contributed by atoms with E-state index >= 15 is 0 Å². The first-order valence-electron chi connectivity index (χ1n) is 7.52. The summed E-state index contributed by atoms with van der Waals surface area (Å²) in [7, 11) is 7.13. The highest BCUT2D eigenvalue weighted by Crippen LogP contribution is 2.29. The minimum absolute atomic E-state index is 0.133. The highest BCUT2D eigenvalue weighted by molar-refractivity contribution is 7.10. The number of hydrogen-bond acceptors (Lipinski definition) is 5. The second-order valence-corrected chi connectivity index (χ2v) is 6.38. The number of carbonyl (C=O) groups excluding carboxylic acids is 1. The number of amides is 2. The summed E-state index contributed by atoms with van der Waals surface area (Å²) in [6.07, 6.45) is 0. The third kappa shape index (κ3) is 4.62.